The zero-order valence-electron chi connectivity index (χ0n) is 9.93. The third-order valence-corrected chi connectivity index (χ3v) is 2.04. The van der Waals surface area contributed by atoms with Gasteiger partial charge in [0.1, 0.15) is 0 Å². The number of aryl methyl sites for hydroxylation is 2. The maximum Gasteiger partial charge on any atom is -0.0228 e. The minimum atomic E-state index is 1.15. The van der Waals surface area contributed by atoms with Crippen LogP contribution in [-0.4, -0.2) is 0 Å². The summed E-state index contributed by atoms with van der Waals surface area (Å²) in [5.74, 6) is 0. The summed E-state index contributed by atoms with van der Waals surface area (Å²) in [6.45, 7) is 12.1. The molecule has 1 aromatic carbocycles. The summed E-state index contributed by atoms with van der Waals surface area (Å²) in [5, 5.41) is 0. The van der Waals surface area contributed by atoms with Crippen LogP contribution in [0.15, 0.2) is 24.8 Å². The van der Waals surface area contributed by atoms with Crippen LogP contribution in [0.25, 0.3) is 6.08 Å². The van der Waals surface area contributed by atoms with E-state index in [1.165, 1.54) is 23.1 Å². The van der Waals surface area contributed by atoms with E-state index in [1.807, 2.05) is 19.9 Å². The molecule has 0 radical (unpaired) electrons. The molecule has 0 spiro atoms. The molecular weight excluding hydrogens is 168 g/mol. The molecular formula is C14H22. The number of rotatable bonds is 3. The molecule has 0 nitrogen and oxygen atoms in total. The first-order valence-corrected chi connectivity index (χ1v) is 5.50. The smallest absolute Gasteiger partial charge is 0.0228 e. The van der Waals surface area contributed by atoms with E-state index in [9.17, 15) is 0 Å². The van der Waals surface area contributed by atoms with Crippen molar-refractivity contribution in [2.75, 3.05) is 0 Å². The van der Waals surface area contributed by atoms with Gasteiger partial charge in [0.25, 0.3) is 0 Å². The number of hydrogen-bond acceptors (Lipinski definition) is 0. The van der Waals surface area contributed by atoms with Crippen LogP contribution in [0.4, 0.5) is 0 Å². The Hall–Kier alpha value is -1.04. The predicted octanol–water partition coefficient (Wildman–Crippen LogP) is 4.62. The van der Waals surface area contributed by atoms with Crippen molar-refractivity contribution < 1.29 is 0 Å². The standard InChI is InChI=1S/C12H16.C2H6/c1-4-6-12-8-7-10(3)9-11(12)5-2;1-2/h5,7-9H,2,4,6H2,1,3H3;1-2H3. The van der Waals surface area contributed by atoms with Crippen molar-refractivity contribution in [3.63, 3.8) is 0 Å². The van der Waals surface area contributed by atoms with E-state index in [2.05, 4.69) is 38.6 Å². The lowest BCUT2D eigenvalue weighted by Gasteiger charge is -2.04. The molecule has 1 rings (SSSR count). The SMILES string of the molecule is C=Cc1cc(C)ccc1CCC.CC. The van der Waals surface area contributed by atoms with Crippen LogP contribution in [0.3, 0.4) is 0 Å². The maximum atomic E-state index is 3.81. The molecule has 0 atom stereocenters. The van der Waals surface area contributed by atoms with Crippen LogP contribution in [0, 0.1) is 6.92 Å². The van der Waals surface area contributed by atoms with Gasteiger partial charge in [0, 0.05) is 0 Å². The Morgan fingerprint density at radius 2 is 1.93 bits per heavy atom. The minimum Gasteiger partial charge on any atom is -0.0985 e. The van der Waals surface area contributed by atoms with E-state index in [1.54, 1.807) is 0 Å². The zero-order valence-corrected chi connectivity index (χ0v) is 9.93. The van der Waals surface area contributed by atoms with Crippen molar-refractivity contribution in [1.29, 1.82) is 0 Å². The van der Waals surface area contributed by atoms with Crippen LogP contribution < -0.4 is 0 Å². The normalized spacial score (nSPS) is 8.86. The lowest BCUT2D eigenvalue weighted by Crippen LogP contribution is -1.88. The molecule has 0 fully saturated rings. The summed E-state index contributed by atoms with van der Waals surface area (Å²) < 4.78 is 0. The Kier molecular flexibility index (Phi) is 6.82. The van der Waals surface area contributed by atoms with Gasteiger partial charge in [-0.1, -0.05) is 63.6 Å². The molecule has 0 heterocycles. The predicted molar refractivity (Wildman–Crippen MR) is 66.6 cm³/mol. The van der Waals surface area contributed by atoms with Gasteiger partial charge in [-0.15, -0.1) is 0 Å². The van der Waals surface area contributed by atoms with Gasteiger partial charge in [0.2, 0.25) is 0 Å². The summed E-state index contributed by atoms with van der Waals surface area (Å²) in [6.07, 6.45) is 4.30. The lowest BCUT2D eigenvalue weighted by molar-refractivity contribution is 0.919. The average Bonchev–Trinajstić information content (AvgIpc) is 2.24. The third kappa shape index (κ3) is 3.78. The van der Waals surface area contributed by atoms with Gasteiger partial charge in [-0.05, 0) is 24.5 Å². The second-order valence-corrected chi connectivity index (χ2v) is 3.16. The molecule has 0 heteroatoms. The van der Waals surface area contributed by atoms with E-state index >= 15 is 0 Å². The van der Waals surface area contributed by atoms with Gasteiger partial charge in [-0.2, -0.15) is 0 Å². The Labute approximate surface area is 88.7 Å². The van der Waals surface area contributed by atoms with Crippen molar-refractivity contribution in [3.05, 3.63) is 41.5 Å². The molecule has 78 valence electrons. The molecule has 0 bridgehead atoms. The zero-order chi connectivity index (χ0) is 11.0. The molecule has 0 aliphatic rings. The Balaban J connectivity index is 0.000000791. The minimum absolute atomic E-state index is 1.15. The van der Waals surface area contributed by atoms with Crippen molar-refractivity contribution in [1.82, 2.24) is 0 Å². The monoisotopic (exact) mass is 190 g/mol. The Morgan fingerprint density at radius 1 is 1.29 bits per heavy atom. The topological polar surface area (TPSA) is 0 Å². The maximum absolute atomic E-state index is 3.81. The average molecular weight is 190 g/mol. The molecule has 0 aliphatic carbocycles. The largest absolute Gasteiger partial charge is 0.0985 e. The fraction of sp³-hybridized carbons (Fsp3) is 0.429. The summed E-state index contributed by atoms with van der Waals surface area (Å²) >= 11 is 0. The van der Waals surface area contributed by atoms with Crippen LogP contribution >= 0.6 is 0 Å². The highest BCUT2D eigenvalue weighted by Gasteiger charge is 1.97. The second-order valence-electron chi connectivity index (χ2n) is 3.16. The van der Waals surface area contributed by atoms with Crippen molar-refractivity contribution in [2.45, 2.75) is 40.5 Å². The Morgan fingerprint density at radius 3 is 2.43 bits per heavy atom. The van der Waals surface area contributed by atoms with E-state index in [4.69, 9.17) is 0 Å². The first kappa shape index (κ1) is 13.0. The van der Waals surface area contributed by atoms with Gasteiger partial charge < -0.3 is 0 Å². The van der Waals surface area contributed by atoms with Gasteiger partial charge >= 0.3 is 0 Å². The van der Waals surface area contributed by atoms with E-state index in [-0.39, 0.29) is 0 Å². The fourth-order valence-corrected chi connectivity index (χ4v) is 1.40. The third-order valence-electron chi connectivity index (χ3n) is 2.04. The summed E-state index contributed by atoms with van der Waals surface area (Å²) in [5.41, 5.74) is 4.01. The molecule has 0 aliphatic heterocycles. The molecule has 0 aromatic heterocycles. The second kappa shape index (κ2) is 7.37. The molecule has 1 aromatic rings. The number of hydrogen-bond donors (Lipinski definition) is 0. The van der Waals surface area contributed by atoms with Crippen LogP contribution in [-0.2, 0) is 6.42 Å². The molecule has 0 saturated heterocycles. The number of benzene rings is 1. The Bertz CT molecular complexity index is 271. The fourth-order valence-electron chi connectivity index (χ4n) is 1.40. The highest BCUT2D eigenvalue weighted by atomic mass is 14.0. The van der Waals surface area contributed by atoms with Crippen molar-refractivity contribution in [3.8, 4) is 0 Å². The van der Waals surface area contributed by atoms with Gasteiger partial charge in [-0.3, -0.25) is 0 Å². The quantitative estimate of drug-likeness (QED) is 0.652. The van der Waals surface area contributed by atoms with Crippen LogP contribution in [0.1, 0.15) is 43.9 Å². The van der Waals surface area contributed by atoms with Crippen molar-refractivity contribution in [2.24, 2.45) is 0 Å². The van der Waals surface area contributed by atoms with Gasteiger partial charge in [0.05, 0.1) is 0 Å². The lowest BCUT2D eigenvalue weighted by atomic mass is 10.0. The molecule has 0 unspecified atom stereocenters. The van der Waals surface area contributed by atoms with E-state index in [0.717, 1.165) is 6.42 Å². The van der Waals surface area contributed by atoms with Crippen LogP contribution in [0.2, 0.25) is 0 Å². The highest BCUT2D eigenvalue weighted by molar-refractivity contribution is 5.53. The highest BCUT2D eigenvalue weighted by Crippen LogP contribution is 2.14. The van der Waals surface area contributed by atoms with Crippen LogP contribution in [0.5, 0.6) is 0 Å². The molecule has 0 N–H and O–H groups in total. The van der Waals surface area contributed by atoms with Crippen molar-refractivity contribution >= 4 is 6.08 Å². The summed E-state index contributed by atoms with van der Waals surface area (Å²) in [4.78, 5) is 0. The summed E-state index contributed by atoms with van der Waals surface area (Å²) in [6, 6.07) is 6.56. The van der Waals surface area contributed by atoms with Gasteiger partial charge in [0.15, 0.2) is 0 Å². The molecule has 14 heavy (non-hydrogen) atoms. The first-order chi connectivity index (χ1) is 6.77. The van der Waals surface area contributed by atoms with Gasteiger partial charge in [-0.25, -0.2) is 0 Å². The van der Waals surface area contributed by atoms with E-state index < -0.39 is 0 Å². The molecule has 0 amide bonds. The summed E-state index contributed by atoms with van der Waals surface area (Å²) in [7, 11) is 0. The van der Waals surface area contributed by atoms with E-state index in [0.29, 0.717) is 0 Å². The molecule has 0 saturated carbocycles. The first-order valence-electron chi connectivity index (χ1n) is 5.50.